The summed E-state index contributed by atoms with van der Waals surface area (Å²) in [4.78, 5) is 0. The van der Waals surface area contributed by atoms with Gasteiger partial charge in [-0.15, -0.1) is 0 Å². The Hall–Kier alpha value is -0.470. The van der Waals surface area contributed by atoms with Crippen LogP contribution in [0.1, 0.15) is 12.8 Å². The lowest BCUT2D eigenvalue weighted by Gasteiger charge is -2.20. The van der Waals surface area contributed by atoms with Crippen LogP contribution in [0.25, 0.3) is 0 Å². The van der Waals surface area contributed by atoms with Crippen LogP contribution in [0.5, 0.6) is 0 Å². The molecule has 2 bridgehead atoms. The normalized spacial score (nSPS) is 41.9. The monoisotopic (exact) mass is 162 g/mol. The van der Waals surface area contributed by atoms with Crippen LogP contribution in [0.2, 0.25) is 0 Å². The standard InChI is InChI=1S/C8H9F3/c9-8(10,11)7-4-5-1-2-6(7)3-5/h1-2,5-7H,3-4H2/t5-,6+,7?/m1/s1. The summed E-state index contributed by atoms with van der Waals surface area (Å²) >= 11 is 0. The summed E-state index contributed by atoms with van der Waals surface area (Å²) in [5.41, 5.74) is 0. The van der Waals surface area contributed by atoms with E-state index >= 15 is 0 Å². The molecule has 0 nitrogen and oxygen atoms in total. The molecule has 0 amide bonds. The van der Waals surface area contributed by atoms with Gasteiger partial charge in [0.15, 0.2) is 0 Å². The average Bonchev–Trinajstić information content (AvgIpc) is 2.42. The number of alkyl halides is 3. The highest BCUT2D eigenvalue weighted by Crippen LogP contribution is 2.50. The summed E-state index contributed by atoms with van der Waals surface area (Å²) in [5, 5.41) is 0. The molecule has 2 aliphatic rings. The van der Waals surface area contributed by atoms with Crippen LogP contribution in [0, 0.1) is 17.8 Å². The zero-order valence-corrected chi connectivity index (χ0v) is 5.93. The summed E-state index contributed by atoms with van der Waals surface area (Å²) in [6.45, 7) is 0. The molecule has 0 aromatic rings. The molecule has 0 aromatic heterocycles. The van der Waals surface area contributed by atoms with Crippen LogP contribution in [-0.2, 0) is 0 Å². The molecule has 3 heteroatoms. The number of hydrogen-bond acceptors (Lipinski definition) is 0. The molecule has 0 aliphatic heterocycles. The Bertz CT molecular complexity index is 192. The molecule has 0 radical (unpaired) electrons. The third-order valence-electron chi connectivity index (χ3n) is 2.70. The molecule has 2 aliphatic carbocycles. The molecule has 1 fully saturated rings. The van der Waals surface area contributed by atoms with Crippen molar-refractivity contribution in [3.05, 3.63) is 12.2 Å². The number of fused-ring (bicyclic) bond motifs is 2. The third-order valence-corrected chi connectivity index (χ3v) is 2.70. The Morgan fingerprint density at radius 3 is 2.09 bits per heavy atom. The molecule has 0 N–H and O–H groups in total. The lowest BCUT2D eigenvalue weighted by Crippen LogP contribution is -2.26. The van der Waals surface area contributed by atoms with Crippen molar-refractivity contribution in [2.75, 3.05) is 0 Å². The largest absolute Gasteiger partial charge is 0.392 e. The second-order valence-corrected chi connectivity index (χ2v) is 3.43. The van der Waals surface area contributed by atoms with Crippen molar-refractivity contribution >= 4 is 0 Å². The van der Waals surface area contributed by atoms with Crippen molar-refractivity contribution in [2.24, 2.45) is 17.8 Å². The number of allylic oxidation sites excluding steroid dienone is 2. The molecular formula is C8H9F3. The predicted octanol–water partition coefficient (Wildman–Crippen LogP) is 2.76. The zero-order valence-electron chi connectivity index (χ0n) is 5.93. The summed E-state index contributed by atoms with van der Waals surface area (Å²) < 4.78 is 36.6. The molecule has 1 unspecified atom stereocenters. The Balaban J connectivity index is 2.15. The van der Waals surface area contributed by atoms with Crippen LogP contribution in [0.15, 0.2) is 12.2 Å². The van der Waals surface area contributed by atoms with Gasteiger partial charge < -0.3 is 0 Å². The highest BCUT2D eigenvalue weighted by Gasteiger charge is 2.50. The van der Waals surface area contributed by atoms with Gasteiger partial charge in [-0.25, -0.2) is 0 Å². The van der Waals surface area contributed by atoms with E-state index in [1.54, 1.807) is 6.08 Å². The van der Waals surface area contributed by atoms with Crippen molar-refractivity contribution in [1.29, 1.82) is 0 Å². The Morgan fingerprint density at radius 1 is 1.09 bits per heavy atom. The van der Waals surface area contributed by atoms with Crippen LogP contribution >= 0.6 is 0 Å². The molecule has 11 heavy (non-hydrogen) atoms. The molecule has 0 spiro atoms. The summed E-state index contributed by atoms with van der Waals surface area (Å²) in [7, 11) is 0. The quantitative estimate of drug-likeness (QED) is 0.480. The molecule has 0 heterocycles. The Morgan fingerprint density at radius 2 is 1.82 bits per heavy atom. The van der Waals surface area contributed by atoms with E-state index in [-0.39, 0.29) is 11.8 Å². The maximum absolute atomic E-state index is 12.2. The minimum Gasteiger partial charge on any atom is -0.171 e. The second-order valence-electron chi connectivity index (χ2n) is 3.43. The van der Waals surface area contributed by atoms with E-state index in [1.165, 1.54) is 0 Å². The van der Waals surface area contributed by atoms with E-state index in [0.717, 1.165) is 6.42 Å². The summed E-state index contributed by atoms with van der Waals surface area (Å²) in [5.74, 6) is -1.04. The molecule has 0 saturated heterocycles. The summed E-state index contributed by atoms with van der Waals surface area (Å²) in [6.07, 6.45) is 0.734. The van der Waals surface area contributed by atoms with E-state index < -0.39 is 12.1 Å². The Labute approximate surface area is 63.1 Å². The number of hydrogen-bond donors (Lipinski definition) is 0. The second kappa shape index (κ2) is 2.02. The van der Waals surface area contributed by atoms with Gasteiger partial charge in [-0.3, -0.25) is 0 Å². The highest BCUT2D eigenvalue weighted by atomic mass is 19.4. The maximum Gasteiger partial charge on any atom is 0.392 e. The number of rotatable bonds is 0. The molecule has 1 saturated carbocycles. The van der Waals surface area contributed by atoms with Gasteiger partial charge in [0.05, 0.1) is 5.92 Å². The third kappa shape index (κ3) is 1.06. The van der Waals surface area contributed by atoms with Crippen molar-refractivity contribution in [3.63, 3.8) is 0 Å². The smallest absolute Gasteiger partial charge is 0.171 e. The van der Waals surface area contributed by atoms with Gasteiger partial charge in [0.1, 0.15) is 0 Å². The van der Waals surface area contributed by atoms with E-state index in [1.807, 2.05) is 6.08 Å². The van der Waals surface area contributed by atoms with E-state index in [9.17, 15) is 13.2 Å². The van der Waals surface area contributed by atoms with Gasteiger partial charge in [-0.05, 0) is 24.7 Å². The highest BCUT2D eigenvalue weighted by molar-refractivity contribution is 5.11. The van der Waals surface area contributed by atoms with E-state index in [0.29, 0.717) is 6.42 Å². The van der Waals surface area contributed by atoms with Crippen molar-refractivity contribution in [1.82, 2.24) is 0 Å². The fraction of sp³-hybridized carbons (Fsp3) is 0.750. The first kappa shape index (κ1) is 7.19. The SMILES string of the molecule is FC(F)(F)C1C[C@@H]2C=C[C@H]1C2. The predicted molar refractivity (Wildman–Crippen MR) is 34.9 cm³/mol. The van der Waals surface area contributed by atoms with Gasteiger partial charge >= 0.3 is 6.18 Å². The fourth-order valence-electron chi connectivity index (χ4n) is 2.16. The van der Waals surface area contributed by atoms with Crippen LogP contribution < -0.4 is 0 Å². The lowest BCUT2D eigenvalue weighted by molar-refractivity contribution is -0.180. The minimum atomic E-state index is -3.97. The first-order valence-electron chi connectivity index (χ1n) is 3.82. The average molecular weight is 162 g/mol. The molecule has 2 rings (SSSR count). The zero-order chi connectivity index (χ0) is 8.06. The molecule has 62 valence electrons. The van der Waals surface area contributed by atoms with E-state index in [2.05, 4.69) is 0 Å². The number of halogens is 3. The van der Waals surface area contributed by atoms with Crippen molar-refractivity contribution in [2.45, 2.75) is 19.0 Å². The molecule has 0 aromatic carbocycles. The molecule has 3 atom stereocenters. The van der Waals surface area contributed by atoms with E-state index in [4.69, 9.17) is 0 Å². The first-order chi connectivity index (χ1) is 5.07. The first-order valence-corrected chi connectivity index (χ1v) is 3.82. The Kier molecular flexibility index (Phi) is 1.32. The fourth-order valence-corrected chi connectivity index (χ4v) is 2.16. The lowest BCUT2D eigenvalue weighted by atomic mass is 9.93. The van der Waals surface area contributed by atoms with Gasteiger partial charge in [0.25, 0.3) is 0 Å². The van der Waals surface area contributed by atoms with Gasteiger partial charge in [0, 0.05) is 0 Å². The summed E-state index contributed by atoms with van der Waals surface area (Å²) in [6, 6.07) is 0. The van der Waals surface area contributed by atoms with Gasteiger partial charge in [0.2, 0.25) is 0 Å². The van der Waals surface area contributed by atoms with Gasteiger partial charge in [-0.1, -0.05) is 12.2 Å². The van der Waals surface area contributed by atoms with Crippen molar-refractivity contribution in [3.8, 4) is 0 Å². The minimum absolute atomic E-state index is 0.208. The van der Waals surface area contributed by atoms with Crippen LogP contribution in [-0.4, -0.2) is 6.18 Å². The van der Waals surface area contributed by atoms with Crippen LogP contribution in [0.4, 0.5) is 13.2 Å². The molecular weight excluding hydrogens is 153 g/mol. The maximum atomic E-state index is 12.2. The van der Waals surface area contributed by atoms with Crippen LogP contribution in [0.3, 0.4) is 0 Å². The van der Waals surface area contributed by atoms with Gasteiger partial charge in [-0.2, -0.15) is 13.2 Å². The van der Waals surface area contributed by atoms with Crippen molar-refractivity contribution < 1.29 is 13.2 Å². The topological polar surface area (TPSA) is 0 Å².